The molecule has 1 aromatic rings. The van der Waals surface area contributed by atoms with Gasteiger partial charge in [-0.15, -0.1) is 0 Å². The van der Waals surface area contributed by atoms with Crippen molar-refractivity contribution in [1.29, 1.82) is 0 Å². The van der Waals surface area contributed by atoms with E-state index < -0.39 is 6.10 Å². The number of β-amino-alcohol motifs (C(OH)–C–C–N with tert-alkyl or cyclic N) is 1. The number of carbonyl (C=O) groups excluding carboxylic acids is 1. The maximum Gasteiger partial charge on any atom is 0.236 e. The van der Waals surface area contributed by atoms with Crippen molar-refractivity contribution in [2.75, 3.05) is 45.9 Å². The molecule has 0 bridgehead atoms. The van der Waals surface area contributed by atoms with Crippen LogP contribution in [0.15, 0.2) is 24.3 Å². The summed E-state index contributed by atoms with van der Waals surface area (Å²) in [6, 6.07) is 6.42. The summed E-state index contributed by atoms with van der Waals surface area (Å²) in [6.45, 7) is 4.38. The highest BCUT2D eigenvalue weighted by molar-refractivity contribution is 5.78. The summed E-state index contributed by atoms with van der Waals surface area (Å²) >= 11 is 0. The van der Waals surface area contributed by atoms with Crippen molar-refractivity contribution >= 4 is 5.91 Å². The summed E-state index contributed by atoms with van der Waals surface area (Å²) in [5, 5.41) is 10.4. The summed E-state index contributed by atoms with van der Waals surface area (Å²) in [7, 11) is 0. The molecule has 2 saturated heterocycles. The Morgan fingerprint density at radius 3 is 2.58 bits per heavy atom. The average molecular weight is 336 g/mol. The Morgan fingerprint density at radius 2 is 1.92 bits per heavy atom. The predicted molar refractivity (Wildman–Crippen MR) is 88.1 cm³/mol. The van der Waals surface area contributed by atoms with Gasteiger partial charge in [-0.25, -0.2) is 4.39 Å². The zero-order valence-corrected chi connectivity index (χ0v) is 13.9. The van der Waals surface area contributed by atoms with Crippen LogP contribution in [0.25, 0.3) is 0 Å². The lowest BCUT2D eigenvalue weighted by Crippen LogP contribution is -2.51. The minimum absolute atomic E-state index is 0.0798. The van der Waals surface area contributed by atoms with Crippen molar-refractivity contribution < 1.29 is 19.0 Å². The Balaban J connectivity index is 1.49. The quantitative estimate of drug-likeness (QED) is 0.888. The number of carbonyl (C=O) groups is 1. The minimum Gasteiger partial charge on any atom is -0.391 e. The summed E-state index contributed by atoms with van der Waals surface area (Å²) < 4.78 is 18.3. The molecule has 0 spiro atoms. The van der Waals surface area contributed by atoms with Gasteiger partial charge in [0.15, 0.2) is 0 Å². The van der Waals surface area contributed by atoms with Crippen LogP contribution in [0.3, 0.4) is 0 Å². The largest absolute Gasteiger partial charge is 0.391 e. The fraction of sp³-hybridized carbons (Fsp3) is 0.611. The van der Waals surface area contributed by atoms with Crippen LogP contribution in [-0.2, 0) is 16.0 Å². The first kappa shape index (κ1) is 17.3. The van der Waals surface area contributed by atoms with Gasteiger partial charge in [0.1, 0.15) is 5.82 Å². The molecular formula is C18H25FN2O3. The number of nitrogens with zero attached hydrogens (tertiary/aromatic N) is 2. The SMILES string of the molecule is O=C(CN1CCOCC1)N1CC[C@H](Cc2ccc(F)cc2)[C@@H](O)C1. The van der Waals surface area contributed by atoms with E-state index in [0.29, 0.717) is 39.3 Å². The van der Waals surface area contributed by atoms with Crippen LogP contribution >= 0.6 is 0 Å². The molecule has 2 fully saturated rings. The number of halogens is 1. The average Bonchev–Trinajstić information content (AvgIpc) is 2.59. The smallest absolute Gasteiger partial charge is 0.236 e. The molecule has 6 heteroatoms. The molecule has 2 atom stereocenters. The molecule has 0 unspecified atom stereocenters. The van der Waals surface area contributed by atoms with Crippen molar-refractivity contribution in [1.82, 2.24) is 9.80 Å². The van der Waals surface area contributed by atoms with Crippen LogP contribution in [0, 0.1) is 11.7 Å². The number of benzene rings is 1. The predicted octanol–water partition coefficient (Wildman–Crippen LogP) is 0.910. The van der Waals surface area contributed by atoms with Gasteiger partial charge in [0.05, 0.1) is 25.9 Å². The van der Waals surface area contributed by atoms with Crippen molar-refractivity contribution in [3.8, 4) is 0 Å². The molecule has 1 aromatic carbocycles. The van der Waals surface area contributed by atoms with E-state index in [4.69, 9.17) is 4.74 Å². The van der Waals surface area contributed by atoms with Gasteiger partial charge >= 0.3 is 0 Å². The number of rotatable bonds is 4. The molecule has 132 valence electrons. The summed E-state index contributed by atoms with van der Waals surface area (Å²) in [5.74, 6) is -0.0538. The molecule has 2 heterocycles. The van der Waals surface area contributed by atoms with Crippen molar-refractivity contribution in [2.24, 2.45) is 5.92 Å². The van der Waals surface area contributed by atoms with Crippen LogP contribution in [0.4, 0.5) is 4.39 Å². The van der Waals surface area contributed by atoms with Gasteiger partial charge in [0.25, 0.3) is 0 Å². The molecule has 24 heavy (non-hydrogen) atoms. The highest BCUT2D eigenvalue weighted by atomic mass is 19.1. The zero-order chi connectivity index (χ0) is 16.9. The highest BCUT2D eigenvalue weighted by Gasteiger charge is 2.30. The van der Waals surface area contributed by atoms with Crippen LogP contribution in [0.1, 0.15) is 12.0 Å². The van der Waals surface area contributed by atoms with Crippen LogP contribution in [-0.4, -0.2) is 72.9 Å². The molecule has 0 saturated carbocycles. The molecule has 0 aromatic heterocycles. The van der Waals surface area contributed by atoms with Gasteiger partial charge in [-0.2, -0.15) is 0 Å². The zero-order valence-electron chi connectivity index (χ0n) is 13.9. The monoisotopic (exact) mass is 336 g/mol. The normalized spacial score (nSPS) is 25.7. The van der Waals surface area contributed by atoms with Gasteiger partial charge in [-0.1, -0.05) is 12.1 Å². The van der Waals surface area contributed by atoms with E-state index in [0.717, 1.165) is 25.1 Å². The Kier molecular flexibility index (Phi) is 5.81. The number of hydrogen-bond donors (Lipinski definition) is 1. The number of ether oxygens (including phenoxy) is 1. The summed E-state index contributed by atoms with van der Waals surface area (Å²) in [4.78, 5) is 16.3. The van der Waals surface area contributed by atoms with Gasteiger partial charge in [-0.05, 0) is 36.5 Å². The summed E-state index contributed by atoms with van der Waals surface area (Å²) in [5.41, 5.74) is 1.02. The third-order valence-corrected chi connectivity index (χ3v) is 4.95. The number of amides is 1. The second-order valence-corrected chi connectivity index (χ2v) is 6.67. The lowest BCUT2D eigenvalue weighted by Gasteiger charge is -2.37. The standard InChI is InChI=1S/C18H25FN2O3/c19-16-3-1-14(2-4-16)11-15-5-6-21(12-17(15)22)18(23)13-20-7-9-24-10-8-20/h1-4,15,17,22H,5-13H2/t15-,17+/m1/s1. The van der Waals surface area contributed by atoms with Crippen molar-refractivity contribution in [3.63, 3.8) is 0 Å². The molecule has 3 rings (SSSR count). The molecular weight excluding hydrogens is 311 g/mol. The third-order valence-electron chi connectivity index (χ3n) is 4.95. The number of aliphatic hydroxyl groups excluding tert-OH is 1. The van der Waals surface area contributed by atoms with E-state index in [1.165, 1.54) is 12.1 Å². The number of morpholine rings is 1. The highest BCUT2D eigenvalue weighted by Crippen LogP contribution is 2.22. The topological polar surface area (TPSA) is 53.0 Å². The number of likely N-dealkylation sites (tertiary alicyclic amines) is 1. The first-order valence-corrected chi connectivity index (χ1v) is 8.62. The Hall–Kier alpha value is -1.50. The molecule has 1 N–H and O–H groups in total. The molecule has 0 aliphatic carbocycles. The third kappa shape index (κ3) is 4.53. The Bertz CT molecular complexity index is 546. The molecule has 5 nitrogen and oxygen atoms in total. The van der Waals surface area contributed by atoms with E-state index in [1.54, 1.807) is 17.0 Å². The summed E-state index contributed by atoms with van der Waals surface area (Å²) in [6.07, 6.45) is 0.956. The molecule has 2 aliphatic rings. The fourth-order valence-corrected chi connectivity index (χ4v) is 3.42. The van der Waals surface area contributed by atoms with Crippen LogP contribution in [0.5, 0.6) is 0 Å². The maximum atomic E-state index is 13.0. The maximum absolute atomic E-state index is 13.0. The lowest BCUT2D eigenvalue weighted by atomic mass is 9.88. The van der Waals surface area contributed by atoms with Gasteiger partial charge in [0.2, 0.25) is 5.91 Å². The second kappa shape index (κ2) is 8.05. The van der Waals surface area contributed by atoms with Gasteiger partial charge in [-0.3, -0.25) is 9.69 Å². The Morgan fingerprint density at radius 1 is 1.21 bits per heavy atom. The number of piperidine rings is 1. The van der Waals surface area contributed by atoms with Crippen LogP contribution < -0.4 is 0 Å². The number of aliphatic hydroxyl groups is 1. The van der Waals surface area contributed by atoms with E-state index in [9.17, 15) is 14.3 Å². The molecule has 1 amide bonds. The van der Waals surface area contributed by atoms with E-state index in [1.807, 2.05) is 0 Å². The number of hydrogen-bond acceptors (Lipinski definition) is 4. The van der Waals surface area contributed by atoms with E-state index >= 15 is 0 Å². The molecule has 2 aliphatic heterocycles. The van der Waals surface area contributed by atoms with Crippen molar-refractivity contribution in [3.05, 3.63) is 35.6 Å². The van der Waals surface area contributed by atoms with Crippen molar-refractivity contribution in [2.45, 2.75) is 18.9 Å². The van der Waals surface area contributed by atoms with Gasteiger partial charge in [0, 0.05) is 26.2 Å². The fourth-order valence-electron chi connectivity index (χ4n) is 3.42. The minimum atomic E-state index is -0.530. The Labute approximate surface area is 142 Å². The molecule has 0 radical (unpaired) electrons. The van der Waals surface area contributed by atoms with Crippen LogP contribution in [0.2, 0.25) is 0 Å². The second-order valence-electron chi connectivity index (χ2n) is 6.67. The van der Waals surface area contributed by atoms with E-state index in [-0.39, 0.29) is 17.6 Å². The first-order chi connectivity index (χ1) is 11.6. The van der Waals surface area contributed by atoms with E-state index in [2.05, 4.69) is 4.90 Å². The van der Waals surface area contributed by atoms with Gasteiger partial charge < -0.3 is 14.7 Å². The lowest BCUT2D eigenvalue weighted by molar-refractivity contribution is -0.137. The first-order valence-electron chi connectivity index (χ1n) is 8.62.